The van der Waals surface area contributed by atoms with Crippen molar-refractivity contribution in [1.29, 1.82) is 0 Å². The highest BCUT2D eigenvalue weighted by Crippen LogP contribution is 2.13. The number of nitrogens with two attached hydrogens (primary N) is 1. The van der Waals surface area contributed by atoms with E-state index in [1.54, 1.807) is 0 Å². The maximum atomic E-state index is 11.2. The molecule has 1 aromatic carbocycles. The highest BCUT2D eigenvalue weighted by atomic mass is 32.2. The summed E-state index contributed by atoms with van der Waals surface area (Å²) in [5, 5.41) is 0. The minimum absolute atomic E-state index is 0.173. The van der Waals surface area contributed by atoms with E-state index in [-0.39, 0.29) is 5.75 Å². The number of benzene rings is 1. The van der Waals surface area contributed by atoms with Crippen LogP contribution in [0.4, 0.5) is 5.69 Å². The van der Waals surface area contributed by atoms with Crippen molar-refractivity contribution < 1.29 is 8.42 Å². The average Bonchev–Trinajstić information content (AvgIpc) is 2.29. The predicted octanol–water partition coefficient (Wildman–Crippen LogP) is 0.886. The second-order valence-corrected chi connectivity index (χ2v) is 6.35. The minimum atomic E-state index is -2.93. The summed E-state index contributed by atoms with van der Waals surface area (Å²) >= 11 is 0. The van der Waals surface area contributed by atoms with Gasteiger partial charge in [-0.3, -0.25) is 0 Å². The zero-order chi connectivity index (χ0) is 12.7. The zero-order valence-corrected chi connectivity index (χ0v) is 11.0. The molecule has 17 heavy (non-hydrogen) atoms. The van der Waals surface area contributed by atoms with Gasteiger partial charge >= 0.3 is 0 Å². The molecular formula is C12H20N2O2S. The van der Waals surface area contributed by atoms with Gasteiger partial charge in [-0.25, -0.2) is 8.42 Å². The second-order valence-electron chi connectivity index (χ2n) is 4.09. The van der Waals surface area contributed by atoms with Crippen LogP contribution in [-0.4, -0.2) is 40.1 Å². The maximum Gasteiger partial charge on any atom is 0.149 e. The van der Waals surface area contributed by atoms with Crippen LogP contribution in [0.5, 0.6) is 0 Å². The normalized spacial score (nSPS) is 11.4. The lowest BCUT2D eigenvalue weighted by molar-refractivity contribution is 0.599. The summed E-state index contributed by atoms with van der Waals surface area (Å²) < 4.78 is 22.4. The SMILES string of the molecule is CS(=O)(=O)CCN(CCCN)c1ccccc1. The highest BCUT2D eigenvalue weighted by Gasteiger charge is 2.09. The van der Waals surface area contributed by atoms with Crippen LogP contribution in [0.1, 0.15) is 6.42 Å². The quantitative estimate of drug-likeness (QED) is 0.787. The third-order valence-corrected chi connectivity index (χ3v) is 3.41. The van der Waals surface area contributed by atoms with Crippen molar-refractivity contribution in [1.82, 2.24) is 0 Å². The topological polar surface area (TPSA) is 63.4 Å². The summed E-state index contributed by atoms with van der Waals surface area (Å²) in [4.78, 5) is 2.06. The molecule has 0 aliphatic heterocycles. The molecule has 2 N–H and O–H groups in total. The van der Waals surface area contributed by atoms with Gasteiger partial charge in [0.1, 0.15) is 9.84 Å². The summed E-state index contributed by atoms with van der Waals surface area (Å²) in [6, 6.07) is 9.81. The van der Waals surface area contributed by atoms with Gasteiger partial charge in [0.25, 0.3) is 0 Å². The molecule has 0 unspecified atom stereocenters. The molecule has 0 aliphatic carbocycles. The lowest BCUT2D eigenvalue weighted by Gasteiger charge is -2.24. The van der Waals surface area contributed by atoms with Crippen molar-refractivity contribution in [2.75, 3.05) is 36.5 Å². The Morgan fingerprint density at radius 1 is 1.18 bits per heavy atom. The van der Waals surface area contributed by atoms with Crippen molar-refractivity contribution >= 4 is 15.5 Å². The minimum Gasteiger partial charge on any atom is -0.370 e. The molecule has 0 atom stereocenters. The summed E-state index contributed by atoms with van der Waals surface area (Å²) in [6.45, 7) is 1.92. The smallest absolute Gasteiger partial charge is 0.149 e. The van der Waals surface area contributed by atoms with Crippen molar-refractivity contribution in [3.63, 3.8) is 0 Å². The van der Waals surface area contributed by atoms with Gasteiger partial charge in [0.05, 0.1) is 5.75 Å². The highest BCUT2D eigenvalue weighted by molar-refractivity contribution is 7.90. The van der Waals surface area contributed by atoms with Crippen LogP contribution >= 0.6 is 0 Å². The average molecular weight is 256 g/mol. The van der Waals surface area contributed by atoms with E-state index < -0.39 is 9.84 Å². The first-order valence-corrected chi connectivity index (χ1v) is 7.77. The molecule has 1 aromatic rings. The summed E-state index contributed by atoms with van der Waals surface area (Å²) in [5.74, 6) is 0.173. The van der Waals surface area contributed by atoms with Crippen LogP contribution in [0.15, 0.2) is 30.3 Å². The Hall–Kier alpha value is -1.07. The number of hydrogen-bond acceptors (Lipinski definition) is 4. The molecule has 0 radical (unpaired) electrons. The molecule has 4 nitrogen and oxygen atoms in total. The second kappa shape index (κ2) is 6.61. The van der Waals surface area contributed by atoms with Crippen molar-refractivity contribution in [3.8, 4) is 0 Å². The Kier molecular flexibility index (Phi) is 5.44. The molecular weight excluding hydrogens is 236 g/mol. The number of anilines is 1. The van der Waals surface area contributed by atoms with Crippen LogP contribution in [0.25, 0.3) is 0 Å². The largest absolute Gasteiger partial charge is 0.370 e. The fourth-order valence-electron chi connectivity index (χ4n) is 1.57. The van der Waals surface area contributed by atoms with E-state index in [1.807, 2.05) is 30.3 Å². The number of hydrogen-bond donors (Lipinski definition) is 1. The zero-order valence-electron chi connectivity index (χ0n) is 10.2. The molecule has 0 spiro atoms. The molecule has 0 saturated heterocycles. The number of nitrogens with zero attached hydrogens (tertiary/aromatic N) is 1. The molecule has 5 heteroatoms. The van der Waals surface area contributed by atoms with E-state index in [4.69, 9.17) is 5.73 Å². The van der Waals surface area contributed by atoms with Crippen LogP contribution in [0.3, 0.4) is 0 Å². The monoisotopic (exact) mass is 256 g/mol. The fourth-order valence-corrected chi connectivity index (χ4v) is 2.12. The van der Waals surface area contributed by atoms with Gasteiger partial charge in [-0.15, -0.1) is 0 Å². The lowest BCUT2D eigenvalue weighted by atomic mass is 10.2. The first-order chi connectivity index (χ1) is 8.03. The Morgan fingerprint density at radius 2 is 1.82 bits per heavy atom. The van der Waals surface area contributed by atoms with E-state index >= 15 is 0 Å². The van der Waals surface area contributed by atoms with E-state index in [0.717, 1.165) is 18.7 Å². The molecule has 0 bridgehead atoms. The van der Waals surface area contributed by atoms with Gasteiger partial charge in [-0.05, 0) is 25.1 Å². The first kappa shape index (κ1) is 14.0. The van der Waals surface area contributed by atoms with Gasteiger partial charge in [-0.2, -0.15) is 0 Å². The third kappa shape index (κ3) is 5.70. The molecule has 1 rings (SSSR count). The Bertz CT molecular complexity index is 417. The van der Waals surface area contributed by atoms with E-state index in [1.165, 1.54) is 6.26 Å². The summed E-state index contributed by atoms with van der Waals surface area (Å²) in [5.41, 5.74) is 6.54. The van der Waals surface area contributed by atoms with Gasteiger partial charge in [0.15, 0.2) is 0 Å². The fraction of sp³-hybridized carbons (Fsp3) is 0.500. The van der Waals surface area contributed by atoms with Crippen molar-refractivity contribution in [3.05, 3.63) is 30.3 Å². The van der Waals surface area contributed by atoms with Gasteiger partial charge in [-0.1, -0.05) is 18.2 Å². The van der Waals surface area contributed by atoms with Gasteiger partial charge in [0.2, 0.25) is 0 Å². The van der Waals surface area contributed by atoms with Crippen molar-refractivity contribution in [2.24, 2.45) is 5.73 Å². The summed E-state index contributed by atoms with van der Waals surface area (Å²) in [6.07, 6.45) is 2.12. The van der Waals surface area contributed by atoms with Crippen LogP contribution < -0.4 is 10.6 Å². The maximum absolute atomic E-state index is 11.2. The molecule has 0 aliphatic rings. The van der Waals surface area contributed by atoms with Crippen LogP contribution in [0, 0.1) is 0 Å². The molecule has 0 aromatic heterocycles. The first-order valence-electron chi connectivity index (χ1n) is 5.71. The standard InChI is InChI=1S/C12H20N2O2S/c1-17(15,16)11-10-14(9-5-8-13)12-6-3-2-4-7-12/h2-4,6-7H,5,8-11,13H2,1H3. The number of sulfone groups is 1. The van der Waals surface area contributed by atoms with Gasteiger partial charge < -0.3 is 10.6 Å². The Morgan fingerprint density at radius 3 is 2.35 bits per heavy atom. The predicted molar refractivity (Wildman–Crippen MR) is 72.0 cm³/mol. The molecule has 0 amide bonds. The van der Waals surface area contributed by atoms with E-state index in [2.05, 4.69) is 4.90 Å². The number of para-hydroxylation sites is 1. The Balaban J connectivity index is 2.67. The molecule has 0 heterocycles. The van der Waals surface area contributed by atoms with Gasteiger partial charge in [0, 0.05) is 25.0 Å². The summed E-state index contributed by atoms with van der Waals surface area (Å²) in [7, 11) is -2.93. The molecule has 0 saturated carbocycles. The van der Waals surface area contributed by atoms with E-state index in [0.29, 0.717) is 13.1 Å². The lowest BCUT2D eigenvalue weighted by Crippen LogP contribution is -2.31. The van der Waals surface area contributed by atoms with E-state index in [9.17, 15) is 8.42 Å². The molecule has 96 valence electrons. The molecule has 0 fully saturated rings. The third-order valence-electron chi connectivity index (χ3n) is 2.49. The van der Waals surface area contributed by atoms with Crippen LogP contribution in [0.2, 0.25) is 0 Å². The number of rotatable bonds is 7. The van der Waals surface area contributed by atoms with Crippen molar-refractivity contribution in [2.45, 2.75) is 6.42 Å². The van der Waals surface area contributed by atoms with Crippen LogP contribution in [-0.2, 0) is 9.84 Å². The Labute approximate surface area is 103 Å².